The van der Waals surface area contributed by atoms with E-state index in [-0.39, 0.29) is 35.9 Å². The van der Waals surface area contributed by atoms with Gasteiger partial charge in [0.1, 0.15) is 47.0 Å². The minimum Gasteiger partial charge on any atom is -0.507 e. The van der Waals surface area contributed by atoms with Crippen molar-refractivity contribution in [3.05, 3.63) is 84.4 Å². The first kappa shape index (κ1) is 33.9. The molecule has 1 unspecified atom stereocenters. The van der Waals surface area contributed by atoms with Crippen LogP contribution in [0.2, 0.25) is 0 Å². The van der Waals surface area contributed by atoms with E-state index in [1.165, 1.54) is 6.07 Å². The third-order valence-electron chi connectivity index (χ3n) is 11.4. The second kappa shape index (κ2) is 13.8. The lowest BCUT2D eigenvalue weighted by molar-refractivity contribution is -0.134. The molecule has 54 heavy (non-hydrogen) atoms. The number of rotatable bonds is 6. The normalized spacial score (nSPS) is 22.2. The summed E-state index contributed by atoms with van der Waals surface area (Å²) in [6.45, 7) is 2.33. The number of nitrogens with zero attached hydrogens (tertiary/aromatic N) is 7. The third-order valence-corrected chi connectivity index (χ3v) is 11.4. The van der Waals surface area contributed by atoms with Gasteiger partial charge in [-0.15, -0.1) is 10.2 Å². The standard InChI is InChI=1S/C40H39FN8O5/c41-29-11-10-27(39-38(29)49(19-20-54-39)32-12-14-36(51)43-40(32)53)24-5-7-25(8-6-24)46-17-18-47(37(52)23-46)26-9-13-35(42-22-26)48-16-15-30-33(48)21-31(45-44-30)28-3-1-2-4-34(28)50/h1-4,9-11,13,15-16,21-22,24-25,32,50H,5-8,12,14,17-20,23H2,(H,43,51,53). The fourth-order valence-corrected chi connectivity index (χ4v) is 8.61. The zero-order valence-corrected chi connectivity index (χ0v) is 29.5. The van der Waals surface area contributed by atoms with Crippen LogP contribution in [0.1, 0.15) is 50.0 Å². The highest BCUT2D eigenvalue weighted by molar-refractivity contribution is 6.02. The van der Waals surface area contributed by atoms with Gasteiger partial charge in [0, 0.05) is 37.3 Å². The molecule has 3 aliphatic heterocycles. The van der Waals surface area contributed by atoms with Crippen molar-refractivity contribution in [1.29, 1.82) is 0 Å². The number of para-hydroxylation sites is 1. The summed E-state index contributed by atoms with van der Waals surface area (Å²) in [5.74, 6) is 0.379. The summed E-state index contributed by atoms with van der Waals surface area (Å²) < 4.78 is 23.4. The maximum Gasteiger partial charge on any atom is 0.249 e. The molecule has 3 fully saturated rings. The monoisotopic (exact) mass is 730 g/mol. The van der Waals surface area contributed by atoms with Crippen LogP contribution in [0, 0.1) is 5.82 Å². The van der Waals surface area contributed by atoms with Crippen molar-refractivity contribution in [2.45, 2.75) is 56.5 Å². The summed E-state index contributed by atoms with van der Waals surface area (Å²) in [5, 5.41) is 21.4. The number of piperazine rings is 1. The Bertz CT molecular complexity index is 2270. The number of aromatic nitrogens is 4. The van der Waals surface area contributed by atoms with Gasteiger partial charge in [0.15, 0.2) is 0 Å². The van der Waals surface area contributed by atoms with Crippen molar-refractivity contribution in [1.82, 2.24) is 30.0 Å². The number of hydrogen-bond donors (Lipinski definition) is 2. The number of phenolic OH excluding ortho intramolecular Hbond substituents is 1. The topological polar surface area (TPSA) is 146 Å². The van der Waals surface area contributed by atoms with E-state index in [1.807, 2.05) is 47.2 Å². The molecule has 14 heteroatoms. The number of amides is 3. The van der Waals surface area contributed by atoms with Crippen LogP contribution in [-0.4, -0.2) is 92.3 Å². The lowest BCUT2D eigenvalue weighted by Crippen LogP contribution is -2.55. The van der Waals surface area contributed by atoms with E-state index >= 15 is 4.39 Å². The molecular formula is C40H39FN8O5. The molecule has 0 radical (unpaired) electrons. The van der Waals surface area contributed by atoms with Gasteiger partial charge in [0.25, 0.3) is 0 Å². The number of ether oxygens (including phenoxy) is 1. The second-order valence-electron chi connectivity index (χ2n) is 14.4. The van der Waals surface area contributed by atoms with Gasteiger partial charge in [0.05, 0.1) is 36.2 Å². The smallest absolute Gasteiger partial charge is 0.249 e. The molecule has 1 saturated carbocycles. The molecule has 2 aromatic carbocycles. The molecule has 1 aliphatic carbocycles. The highest BCUT2D eigenvalue weighted by atomic mass is 19.1. The molecule has 5 aromatic rings. The average Bonchev–Trinajstić information content (AvgIpc) is 3.62. The van der Waals surface area contributed by atoms with Crippen molar-refractivity contribution in [2.75, 3.05) is 42.6 Å². The lowest BCUT2D eigenvalue weighted by Gasteiger charge is -2.42. The van der Waals surface area contributed by atoms with Crippen LogP contribution in [0.4, 0.5) is 15.8 Å². The number of piperidine rings is 1. The van der Waals surface area contributed by atoms with Crippen LogP contribution >= 0.6 is 0 Å². The third kappa shape index (κ3) is 6.09. The summed E-state index contributed by atoms with van der Waals surface area (Å²) in [4.78, 5) is 48.5. The number of carbonyl (C=O) groups excluding carboxylic acids is 3. The number of phenols is 1. The van der Waals surface area contributed by atoms with E-state index in [1.54, 1.807) is 34.2 Å². The van der Waals surface area contributed by atoms with Crippen molar-refractivity contribution in [3.8, 4) is 28.6 Å². The molecule has 9 rings (SSSR count). The van der Waals surface area contributed by atoms with Gasteiger partial charge in [0.2, 0.25) is 17.7 Å². The molecule has 2 N–H and O–H groups in total. The van der Waals surface area contributed by atoms with Crippen molar-refractivity contribution in [2.24, 2.45) is 0 Å². The summed E-state index contributed by atoms with van der Waals surface area (Å²) in [7, 11) is 0. The number of fused-ring (bicyclic) bond motifs is 2. The van der Waals surface area contributed by atoms with Crippen LogP contribution in [0.15, 0.2) is 73.1 Å². The highest BCUT2D eigenvalue weighted by Gasteiger charge is 2.39. The maximum absolute atomic E-state index is 15.4. The number of hydrogen-bond acceptors (Lipinski definition) is 10. The number of carbonyl (C=O) groups is 3. The molecule has 13 nitrogen and oxygen atoms in total. The first-order valence-corrected chi connectivity index (χ1v) is 18.5. The Morgan fingerprint density at radius 1 is 0.907 bits per heavy atom. The Hall–Kier alpha value is -5.89. The highest BCUT2D eigenvalue weighted by Crippen LogP contribution is 2.46. The second-order valence-corrected chi connectivity index (χ2v) is 14.4. The van der Waals surface area contributed by atoms with E-state index in [0.29, 0.717) is 66.7 Å². The van der Waals surface area contributed by atoms with E-state index in [4.69, 9.17) is 9.72 Å². The summed E-state index contributed by atoms with van der Waals surface area (Å²) in [5.41, 5.74) is 4.65. The summed E-state index contributed by atoms with van der Waals surface area (Å²) in [6, 6.07) is 17.5. The molecule has 0 spiro atoms. The molecule has 3 aromatic heterocycles. The quantitative estimate of drug-likeness (QED) is 0.236. The predicted molar refractivity (Wildman–Crippen MR) is 198 cm³/mol. The van der Waals surface area contributed by atoms with Crippen LogP contribution in [-0.2, 0) is 14.4 Å². The molecule has 0 bridgehead atoms. The average molecular weight is 731 g/mol. The number of nitrogens with one attached hydrogen (secondary N) is 1. The van der Waals surface area contributed by atoms with Crippen molar-refractivity contribution >= 4 is 40.1 Å². The van der Waals surface area contributed by atoms with Gasteiger partial charge in [-0.1, -0.05) is 18.2 Å². The molecule has 1 atom stereocenters. The maximum atomic E-state index is 15.4. The first-order chi connectivity index (χ1) is 26.3. The fourth-order valence-electron chi connectivity index (χ4n) is 8.61. The van der Waals surface area contributed by atoms with Gasteiger partial charge in [-0.3, -0.25) is 29.2 Å². The van der Waals surface area contributed by atoms with Crippen LogP contribution < -0.4 is 19.9 Å². The first-order valence-electron chi connectivity index (χ1n) is 18.5. The minimum absolute atomic E-state index is 0.0291. The van der Waals surface area contributed by atoms with Crippen molar-refractivity contribution < 1.29 is 28.6 Å². The SMILES string of the molecule is O=C1CCC(N2CCOc3c(C4CCC(N5CCN(c6ccc(-n7ccc8nnc(-c9ccccc9O)cc87)nc6)C(=O)C5)CC4)ccc(F)c32)C(=O)N1. The Morgan fingerprint density at radius 2 is 1.76 bits per heavy atom. The number of pyridine rings is 1. The zero-order chi connectivity index (χ0) is 36.9. The molecule has 2 saturated heterocycles. The molecule has 4 aliphatic rings. The Kier molecular flexibility index (Phi) is 8.68. The summed E-state index contributed by atoms with van der Waals surface area (Å²) in [6.07, 6.45) is 7.72. The van der Waals surface area contributed by atoms with Crippen LogP contribution in [0.25, 0.3) is 28.1 Å². The number of anilines is 2. The van der Waals surface area contributed by atoms with Gasteiger partial charge < -0.3 is 19.6 Å². The predicted octanol–water partition coefficient (Wildman–Crippen LogP) is 4.71. The van der Waals surface area contributed by atoms with Gasteiger partial charge in [-0.2, -0.15) is 0 Å². The van der Waals surface area contributed by atoms with Gasteiger partial charge in [-0.05, 0) is 86.1 Å². The largest absolute Gasteiger partial charge is 0.507 e. The van der Waals surface area contributed by atoms with Crippen molar-refractivity contribution in [3.63, 3.8) is 0 Å². The summed E-state index contributed by atoms with van der Waals surface area (Å²) >= 11 is 0. The number of halogens is 1. The van der Waals surface area contributed by atoms with E-state index in [0.717, 1.165) is 49.0 Å². The van der Waals surface area contributed by atoms with Crippen LogP contribution in [0.3, 0.4) is 0 Å². The molecule has 6 heterocycles. The van der Waals surface area contributed by atoms with E-state index in [2.05, 4.69) is 20.4 Å². The van der Waals surface area contributed by atoms with Gasteiger partial charge in [-0.25, -0.2) is 9.37 Å². The van der Waals surface area contributed by atoms with E-state index < -0.39 is 17.8 Å². The van der Waals surface area contributed by atoms with E-state index in [9.17, 15) is 19.5 Å². The fraction of sp³-hybridized carbons (Fsp3) is 0.350. The molecular weight excluding hydrogens is 691 g/mol. The number of imide groups is 1. The Balaban J connectivity index is 0.843. The minimum atomic E-state index is -0.614. The van der Waals surface area contributed by atoms with Gasteiger partial charge >= 0.3 is 0 Å². The number of aromatic hydroxyl groups is 1. The zero-order valence-electron chi connectivity index (χ0n) is 29.5. The lowest BCUT2D eigenvalue weighted by atomic mass is 9.80. The Morgan fingerprint density at radius 3 is 2.54 bits per heavy atom. The van der Waals surface area contributed by atoms with Crippen LogP contribution in [0.5, 0.6) is 11.5 Å². The Labute approximate surface area is 310 Å². The number of benzene rings is 2. The molecule has 3 amide bonds. The molecule has 276 valence electrons.